The predicted molar refractivity (Wildman–Crippen MR) is 68.6 cm³/mol. The van der Waals surface area contributed by atoms with E-state index < -0.39 is 0 Å². The molecule has 0 saturated heterocycles. The molecule has 0 aliphatic rings. The van der Waals surface area contributed by atoms with Gasteiger partial charge in [-0.15, -0.1) is 17.9 Å². The summed E-state index contributed by atoms with van der Waals surface area (Å²) in [5.74, 6) is 0. The molecule has 0 aliphatic carbocycles. The van der Waals surface area contributed by atoms with Crippen LogP contribution >= 0.6 is 11.3 Å². The maximum Gasteiger partial charge on any atom is 0.107 e. The quantitative estimate of drug-likeness (QED) is 0.532. The third kappa shape index (κ3) is 5.39. The predicted octanol–water partition coefficient (Wildman–Crippen LogP) is 2.74. The number of thiazole rings is 1. The van der Waals surface area contributed by atoms with E-state index in [1.165, 1.54) is 0 Å². The second-order valence-electron chi connectivity index (χ2n) is 3.54. The molecule has 0 aliphatic heterocycles. The van der Waals surface area contributed by atoms with Gasteiger partial charge in [0, 0.05) is 11.9 Å². The lowest BCUT2D eigenvalue weighted by molar-refractivity contribution is 0.123. The highest BCUT2D eigenvalue weighted by atomic mass is 32.1. The molecule has 0 atom stereocenters. The molecule has 1 N–H and O–H groups in total. The zero-order chi connectivity index (χ0) is 11.6. The number of nitrogens with one attached hydrogen (secondary N) is 1. The first-order chi connectivity index (χ1) is 7.86. The van der Waals surface area contributed by atoms with E-state index in [-0.39, 0.29) is 0 Å². The average Bonchev–Trinajstić information content (AvgIpc) is 2.73. The largest absolute Gasteiger partial charge is 0.375 e. The van der Waals surface area contributed by atoms with E-state index in [2.05, 4.69) is 29.2 Å². The monoisotopic (exact) mass is 240 g/mol. The number of hydrogen-bond donors (Lipinski definition) is 1. The van der Waals surface area contributed by atoms with Crippen LogP contribution in [0.5, 0.6) is 0 Å². The van der Waals surface area contributed by atoms with Crippen LogP contribution in [0.3, 0.4) is 0 Å². The summed E-state index contributed by atoms with van der Waals surface area (Å²) in [6, 6.07) is 0. The number of ether oxygens (including phenoxy) is 1. The average molecular weight is 240 g/mol. The van der Waals surface area contributed by atoms with Crippen molar-refractivity contribution >= 4 is 11.3 Å². The highest BCUT2D eigenvalue weighted by Gasteiger charge is 2.01. The highest BCUT2D eigenvalue weighted by Crippen LogP contribution is 2.10. The van der Waals surface area contributed by atoms with Crippen LogP contribution in [0.15, 0.2) is 18.0 Å². The van der Waals surface area contributed by atoms with Gasteiger partial charge in [0.15, 0.2) is 0 Å². The van der Waals surface area contributed by atoms with Gasteiger partial charge >= 0.3 is 0 Å². The molecule has 1 heterocycles. The molecule has 0 radical (unpaired) electrons. The normalized spacial score (nSPS) is 10.6. The second-order valence-corrected chi connectivity index (χ2v) is 4.48. The zero-order valence-corrected chi connectivity index (χ0v) is 10.7. The molecule has 0 amide bonds. The maximum absolute atomic E-state index is 5.45. The summed E-state index contributed by atoms with van der Waals surface area (Å²) in [4.78, 5) is 4.48. The van der Waals surface area contributed by atoms with Crippen molar-refractivity contribution < 1.29 is 4.74 Å². The van der Waals surface area contributed by atoms with Crippen molar-refractivity contribution in [3.8, 4) is 0 Å². The Kier molecular flexibility index (Phi) is 7.05. The summed E-state index contributed by atoms with van der Waals surface area (Å²) in [5, 5.41) is 6.54. The van der Waals surface area contributed by atoms with Gasteiger partial charge in [-0.1, -0.05) is 13.0 Å². The van der Waals surface area contributed by atoms with Gasteiger partial charge in [0.25, 0.3) is 0 Å². The first-order valence-corrected chi connectivity index (χ1v) is 6.57. The van der Waals surface area contributed by atoms with Crippen LogP contribution in [0.4, 0.5) is 0 Å². The Bertz CT molecular complexity index is 299. The molecule has 1 aromatic heterocycles. The van der Waals surface area contributed by atoms with Crippen molar-refractivity contribution in [3.63, 3.8) is 0 Å². The first-order valence-electron chi connectivity index (χ1n) is 5.69. The van der Waals surface area contributed by atoms with Gasteiger partial charge in [0.1, 0.15) is 5.01 Å². The molecular weight excluding hydrogens is 220 g/mol. The lowest BCUT2D eigenvalue weighted by Crippen LogP contribution is -2.13. The van der Waals surface area contributed by atoms with Crippen molar-refractivity contribution in [2.45, 2.75) is 32.9 Å². The number of nitrogens with zero attached hydrogens (tertiary/aromatic N) is 1. The molecule has 4 heteroatoms. The van der Waals surface area contributed by atoms with E-state index in [1.807, 2.05) is 6.08 Å². The summed E-state index contributed by atoms with van der Waals surface area (Å²) in [7, 11) is 0. The minimum Gasteiger partial charge on any atom is -0.375 e. The van der Waals surface area contributed by atoms with Crippen molar-refractivity contribution in [2.75, 3.05) is 13.2 Å². The van der Waals surface area contributed by atoms with Gasteiger partial charge in [-0.05, 0) is 19.4 Å². The van der Waals surface area contributed by atoms with Crippen LogP contribution in [0.1, 0.15) is 30.5 Å². The Hall–Kier alpha value is -0.710. The SMILES string of the molecule is C=CCCOCc1csc(CNCCC)n1. The van der Waals surface area contributed by atoms with E-state index in [9.17, 15) is 0 Å². The van der Waals surface area contributed by atoms with Gasteiger partial charge in [0.2, 0.25) is 0 Å². The van der Waals surface area contributed by atoms with Gasteiger partial charge in [-0.2, -0.15) is 0 Å². The fraction of sp³-hybridized carbons (Fsp3) is 0.583. The third-order valence-corrected chi connectivity index (χ3v) is 2.92. The Morgan fingerprint density at radius 2 is 2.50 bits per heavy atom. The van der Waals surface area contributed by atoms with E-state index in [0.717, 1.165) is 43.2 Å². The molecule has 1 aromatic rings. The van der Waals surface area contributed by atoms with E-state index in [0.29, 0.717) is 6.61 Å². The van der Waals surface area contributed by atoms with Crippen LogP contribution in [-0.2, 0) is 17.9 Å². The maximum atomic E-state index is 5.45. The van der Waals surface area contributed by atoms with Crippen LogP contribution in [0.2, 0.25) is 0 Å². The summed E-state index contributed by atoms with van der Waals surface area (Å²) in [6.07, 6.45) is 3.92. The standard InChI is InChI=1S/C12H20N2OS/c1-3-5-7-15-9-11-10-16-12(14-11)8-13-6-4-2/h3,10,13H,1,4-9H2,2H3. The fourth-order valence-corrected chi connectivity index (χ4v) is 1.96. The smallest absolute Gasteiger partial charge is 0.107 e. The molecule has 0 unspecified atom stereocenters. The molecule has 1 rings (SSSR count). The fourth-order valence-electron chi connectivity index (χ4n) is 1.21. The van der Waals surface area contributed by atoms with Crippen LogP contribution in [0.25, 0.3) is 0 Å². The number of aromatic nitrogens is 1. The highest BCUT2D eigenvalue weighted by molar-refractivity contribution is 7.09. The van der Waals surface area contributed by atoms with E-state index in [1.54, 1.807) is 11.3 Å². The van der Waals surface area contributed by atoms with Gasteiger partial charge in [-0.25, -0.2) is 4.98 Å². The van der Waals surface area contributed by atoms with Gasteiger partial charge in [0.05, 0.1) is 18.9 Å². The van der Waals surface area contributed by atoms with Crippen molar-refractivity contribution in [1.29, 1.82) is 0 Å². The van der Waals surface area contributed by atoms with Crippen molar-refractivity contribution in [1.82, 2.24) is 10.3 Å². The van der Waals surface area contributed by atoms with Crippen LogP contribution in [-0.4, -0.2) is 18.1 Å². The van der Waals surface area contributed by atoms with E-state index in [4.69, 9.17) is 4.74 Å². The molecule has 90 valence electrons. The molecule has 0 spiro atoms. The van der Waals surface area contributed by atoms with Gasteiger partial charge in [-0.3, -0.25) is 0 Å². The molecule has 0 fully saturated rings. The van der Waals surface area contributed by atoms with Crippen LogP contribution in [0, 0.1) is 0 Å². The Balaban J connectivity index is 2.20. The minimum atomic E-state index is 0.609. The molecule has 0 saturated carbocycles. The lowest BCUT2D eigenvalue weighted by Gasteiger charge is -1.99. The van der Waals surface area contributed by atoms with Crippen molar-refractivity contribution in [2.24, 2.45) is 0 Å². The topological polar surface area (TPSA) is 34.1 Å². The molecule has 3 nitrogen and oxygen atoms in total. The number of rotatable bonds is 9. The summed E-state index contributed by atoms with van der Waals surface area (Å²) < 4.78 is 5.45. The summed E-state index contributed by atoms with van der Waals surface area (Å²) in [6.45, 7) is 9.06. The summed E-state index contributed by atoms with van der Waals surface area (Å²) in [5.41, 5.74) is 1.03. The first kappa shape index (κ1) is 13.4. The van der Waals surface area contributed by atoms with Crippen molar-refractivity contribution in [3.05, 3.63) is 28.7 Å². The number of hydrogen-bond acceptors (Lipinski definition) is 4. The Morgan fingerprint density at radius 1 is 1.62 bits per heavy atom. The molecule has 0 aromatic carbocycles. The molecule has 0 bridgehead atoms. The lowest BCUT2D eigenvalue weighted by atomic mass is 10.4. The summed E-state index contributed by atoms with van der Waals surface area (Å²) >= 11 is 1.69. The molecular formula is C12H20N2OS. The minimum absolute atomic E-state index is 0.609. The Labute approximate surface area is 102 Å². The van der Waals surface area contributed by atoms with Crippen LogP contribution < -0.4 is 5.32 Å². The van der Waals surface area contributed by atoms with Gasteiger partial charge < -0.3 is 10.1 Å². The van der Waals surface area contributed by atoms with E-state index >= 15 is 0 Å². The second kappa shape index (κ2) is 8.44. The molecule has 16 heavy (non-hydrogen) atoms. The Morgan fingerprint density at radius 3 is 3.25 bits per heavy atom. The zero-order valence-electron chi connectivity index (χ0n) is 9.87. The third-order valence-electron chi connectivity index (χ3n) is 2.02.